The summed E-state index contributed by atoms with van der Waals surface area (Å²) in [6.07, 6.45) is 2.49. The SMILES string of the molecule is CCSC(SCC)[C@@H]1CCCN1C(=O)c1cc(CO)c(OCN2CCN([B]C=O)CC2)cc1[N+](=O)[O-]. The van der Waals surface area contributed by atoms with Crippen molar-refractivity contribution in [2.24, 2.45) is 0 Å². The Kier molecular flexibility index (Phi) is 11.4. The number of benzene rings is 1. The second-order valence-corrected chi connectivity index (χ2v) is 11.7. The first-order chi connectivity index (χ1) is 17.4. The number of carbonyl (C=O) groups is 2. The molecule has 2 aliphatic rings. The fourth-order valence-electron chi connectivity index (χ4n) is 4.56. The van der Waals surface area contributed by atoms with Gasteiger partial charge in [0.2, 0.25) is 0 Å². The Labute approximate surface area is 221 Å². The van der Waals surface area contributed by atoms with Crippen molar-refractivity contribution in [2.45, 2.75) is 43.9 Å². The Morgan fingerprint density at radius 2 is 1.94 bits per heavy atom. The van der Waals surface area contributed by atoms with E-state index in [0.717, 1.165) is 30.5 Å². The maximum atomic E-state index is 13.6. The molecule has 1 radical (unpaired) electrons. The summed E-state index contributed by atoms with van der Waals surface area (Å²) >= 11 is 3.61. The van der Waals surface area contributed by atoms with E-state index < -0.39 is 11.5 Å². The van der Waals surface area contributed by atoms with Gasteiger partial charge in [0.1, 0.15) is 18.0 Å². The van der Waals surface area contributed by atoms with Crippen molar-refractivity contribution >= 4 is 48.7 Å². The van der Waals surface area contributed by atoms with E-state index in [1.165, 1.54) is 19.5 Å². The largest absolute Gasteiger partial charge is 0.478 e. The summed E-state index contributed by atoms with van der Waals surface area (Å²) in [5.41, 5.74) is 0.0178. The number of nitro benzene ring substituents is 1. The van der Waals surface area contributed by atoms with Gasteiger partial charge in [-0.05, 0) is 30.4 Å². The van der Waals surface area contributed by atoms with Crippen molar-refractivity contribution in [3.8, 4) is 5.75 Å². The fraction of sp³-hybridized carbons (Fsp3) is 0.652. The molecule has 1 N–H and O–H groups in total. The Balaban J connectivity index is 1.79. The van der Waals surface area contributed by atoms with Crippen LogP contribution in [-0.2, 0) is 11.4 Å². The number of hydrogen-bond donors (Lipinski definition) is 1. The van der Waals surface area contributed by atoms with Gasteiger partial charge >= 0.3 is 0 Å². The van der Waals surface area contributed by atoms with Gasteiger partial charge in [0.25, 0.3) is 19.0 Å². The standard InChI is InChI=1S/C23H34BN4O6S2/c1-3-35-23(36-4-2)19-6-5-7-27(19)22(31)18-12-17(14-29)21(13-20(18)28(32)33)34-16-25-8-10-26(11-9-25)24-15-30/h12-13,15,19,23,29H,3-11,14,16H2,1-2H3/t19-/m0/s1. The third-order valence-corrected chi connectivity index (χ3v) is 9.16. The van der Waals surface area contributed by atoms with Crippen LogP contribution in [0.5, 0.6) is 5.75 Å². The molecule has 13 heteroatoms. The smallest absolute Gasteiger partial charge is 0.293 e. The molecule has 2 fully saturated rings. The number of aliphatic hydroxyl groups is 1. The fourth-order valence-corrected chi connectivity index (χ4v) is 7.43. The lowest BCUT2D eigenvalue weighted by molar-refractivity contribution is -0.385. The lowest BCUT2D eigenvalue weighted by Crippen LogP contribution is -2.49. The highest BCUT2D eigenvalue weighted by molar-refractivity contribution is 8.17. The number of amides is 1. The van der Waals surface area contributed by atoms with Gasteiger partial charge in [-0.2, -0.15) is 0 Å². The van der Waals surface area contributed by atoms with Crippen LogP contribution in [-0.4, -0.2) is 106 Å². The van der Waals surface area contributed by atoms with Crippen LogP contribution in [0.3, 0.4) is 0 Å². The van der Waals surface area contributed by atoms with E-state index in [2.05, 4.69) is 13.8 Å². The monoisotopic (exact) mass is 537 g/mol. The van der Waals surface area contributed by atoms with Crippen molar-refractivity contribution in [3.63, 3.8) is 0 Å². The molecule has 2 heterocycles. The summed E-state index contributed by atoms with van der Waals surface area (Å²) in [7, 11) is 1.51. The van der Waals surface area contributed by atoms with Gasteiger partial charge < -0.3 is 24.3 Å². The van der Waals surface area contributed by atoms with E-state index in [1.807, 2.05) is 9.71 Å². The number of nitrogens with zero attached hydrogens (tertiary/aromatic N) is 4. The molecule has 1 aromatic carbocycles. The van der Waals surface area contributed by atoms with Crippen LogP contribution >= 0.6 is 23.5 Å². The average Bonchev–Trinajstić information content (AvgIpc) is 3.37. The van der Waals surface area contributed by atoms with Crippen LogP contribution < -0.4 is 4.74 Å². The number of likely N-dealkylation sites (tertiary alicyclic amines) is 1. The Morgan fingerprint density at radius 1 is 1.25 bits per heavy atom. The van der Waals surface area contributed by atoms with Gasteiger partial charge in [0, 0.05) is 38.3 Å². The number of hydrogen-bond acceptors (Lipinski definition) is 10. The molecule has 1 aromatic rings. The minimum Gasteiger partial charge on any atom is -0.478 e. The van der Waals surface area contributed by atoms with Crippen molar-refractivity contribution < 1.29 is 24.4 Å². The molecule has 0 saturated carbocycles. The molecule has 1 amide bonds. The minimum absolute atomic E-state index is 0.00985. The summed E-state index contributed by atoms with van der Waals surface area (Å²) in [4.78, 5) is 41.4. The number of aliphatic hydroxyl groups excluding tert-OH is 1. The topological polar surface area (TPSA) is 116 Å². The Morgan fingerprint density at radius 3 is 2.53 bits per heavy atom. The minimum atomic E-state index is -0.556. The van der Waals surface area contributed by atoms with E-state index in [4.69, 9.17) is 4.74 Å². The number of ether oxygens (including phenoxy) is 1. The molecule has 197 valence electrons. The predicted molar refractivity (Wildman–Crippen MR) is 144 cm³/mol. The maximum Gasteiger partial charge on any atom is 0.293 e. The number of rotatable bonds is 13. The van der Waals surface area contributed by atoms with E-state index in [0.29, 0.717) is 38.3 Å². The molecule has 2 aliphatic heterocycles. The summed E-state index contributed by atoms with van der Waals surface area (Å²) in [6, 6.07) is 2.69. The van der Waals surface area contributed by atoms with Gasteiger partial charge in [-0.3, -0.25) is 19.8 Å². The first-order valence-corrected chi connectivity index (χ1v) is 14.4. The van der Waals surface area contributed by atoms with E-state index in [9.17, 15) is 24.8 Å². The molecule has 0 bridgehead atoms. The van der Waals surface area contributed by atoms with Gasteiger partial charge in [0.15, 0.2) is 0 Å². The first-order valence-electron chi connectivity index (χ1n) is 12.3. The summed E-state index contributed by atoms with van der Waals surface area (Å²) in [5.74, 6) is 1.69. The average molecular weight is 537 g/mol. The van der Waals surface area contributed by atoms with Gasteiger partial charge in [-0.1, -0.05) is 13.8 Å². The molecule has 0 unspecified atom stereocenters. The van der Waals surface area contributed by atoms with Crippen LogP contribution in [0, 0.1) is 10.1 Å². The second kappa shape index (κ2) is 14.2. The molecular formula is C23H34BN4O6S2. The highest BCUT2D eigenvalue weighted by atomic mass is 32.2. The van der Waals surface area contributed by atoms with Crippen molar-refractivity contribution in [1.82, 2.24) is 14.6 Å². The number of thioether (sulfide) groups is 2. The molecule has 2 saturated heterocycles. The highest BCUT2D eigenvalue weighted by Gasteiger charge is 2.38. The summed E-state index contributed by atoms with van der Waals surface area (Å²) < 4.78 is 6.09. The van der Waals surface area contributed by atoms with Crippen LogP contribution in [0.15, 0.2) is 12.1 Å². The van der Waals surface area contributed by atoms with E-state index >= 15 is 0 Å². The van der Waals surface area contributed by atoms with Crippen molar-refractivity contribution in [3.05, 3.63) is 33.4 Å². The zero-order valence-corrected chi connectivity index (χ0v) is 22.5. The Hall–Kier alpha value is -1.80. The zero-order valence-electron chi connectivity index (χ0n) is 20.8. The van der Waals surface area contributed by atoms with Crippen molar-refractivity contribution in [2.75, 3.05) is 51.0 Å². The predicted octanol–water partition coefficient (Wildman–Crippen LogP) is 2.29. The summed E-state index contributed by atoms with van der Waals surface area (Å²) in [5, 5.41) is 22.0. The lowest BCUT2D eigenvalue weighted by Gasteiger charge is -2.33. The molecule has 0 aromatic heterocycles. The van der Waals surface area contributed by atoms with Gasteiger partial charge in [-0.25, -0.2) is 0 Å². The normalized spacial score (nSPS) is 19.0. The quantitative estimate of drug-likeness (QED) is 0.132. The molecular weight excluding hydrogens is 503 g/mol. The van der Waals surface area contributed by atoms with Crippen LogP contribution in [0.2, 0.25) is 0 Å². The van der Waals surface area contributed by atoms with Gasteiger partial charge in [-0.15, -0.1) is 23.5 Å². The lowest BCUT2D eigenvalue weighted by atomic mass is 9.94. The van der Waals surface area contributed by atoms with Crippen molar-refractivity contribution in [1.29, 1.82) is 0 Å². The highest BCUT2D eigenvalue weighted by Crippen LogP contribution is 2.37. The number of piperazine rings is 1. The summed E-state index contributed by atoms with van der Waals surface area (Å²) in [6.45, 7) is 7.21. The molecule has 0 aliphatic carbocycles. The van der Waals surface area contributed by atoms with Crippen LogP contribution in [0.4, 0.5) is 5.69 Å². The second-order valence-electron chi connectivity index (χ2n) is 8.59. The first kappa shape index (κ1) is 28.8. The number of nitro groups is 1. The van der Waals surface area contributed by atoms with Gasteiger partial charge in [0.05, 0.1) is 34.4 Å². The molecule has 3 rings (SSSR count). The van der Waals surface area contributed by atoms with Crippen LogP contribution in [0.25, 0.3) is 0 Å². The third kappa shape index (κ3) is 7.15. The molecule has 0 spiro atoms. The van der Waals surface area contributed by atoms with E-state index in [1.54, 1.807) is 28.4 Å². The Bertz CT molecular complexity index is 913. The maximum absolute atomic E-state index is 13.6. The molecule has 1 atom stereocenters. The van der Waals surface area contributed by atoms with Crippen LogP contribution in [0.1, 0.15) is 42.6 Å². The molecule has 36 heavy (non-hydrogen) atoms. The molecule has 10 nitrogen and oxygen atoms in total. The number of carbonyl (C=O) groups excluding carboxylic acids is 2. The van der Waals surface area contributed by atoms with E-state index in [-0.39, 0.29) is 40.3 Å². The zero-order chi connectivity index (χ0) is 26.1. The third-order valence-electron chi connectivity index (χ3n) is 6.39.